The Balaban J connectivity index is 2.14. The summed E-state index contributed by atoms with van der Waals surface area (Å²) in [6.07, 6.45) is 0. The van der Waals surface area contributed by atoms with E-state index in [0.29, 0.717) is 0 Å². The van der Waals surface area contributed by atoms with Crippen LogP contribution < -0.4 is 0 Å². The maximum Gasteiger partial charge on any atom is 0.126 e. The topological polar surface area (TPSA) is 29.5 Å². The fourth-order valence-corrected chi connectivity index (χ4v) is 1.06. The van der Waals surface area contributed by atoms with Crippen molar-refractivity contribution < 1.29 is 9.84 Å². The molecule has 1 atom stereocenters. The van der Waals surface area contributed by atoms with Gasteiger partial charge in [-0.05, 0) is 0 Å². The first-order chi connectivity index (χ1) is 3.43. The quantitative estimate of drug-likeness (QED) is 0.535. The molecule has 0 amide bonds. The Morgan fingerprint density at radius 1 is 2.00 bits per heavy atom. The summed E-state index contributed by atoms with van der Waals surface area (Å²) in [6.45, 7) is 1.84. The Labute approximate surface area is 46.9 Å². The SMILES string of the molecule is OCC1O[CH]CS1. The molecule has 1 aliphatic heterocycles. The van der Waals surface area contributed by atoms with Gasteiger partial charge in [0, 0.05) is 5.75 Å². The molecule has 2 nitrogen and oxygen atoms in total. The van der Waals surface area contributed by atoms with Gasteiger partial charge in [-0.1, -0.05) is 0 Å². The molecule has 0 aromatic carbocycles. The molecule has 0 bridgehead atoms. The monoisotopic (exact) mass is 119 g/mol. The molecule has 1 aliphatic rings. The Morgan fingerprint density at radius 2 is 2.86 bits per heavy atom. The molecule has 1 fully saturated rings. The molecule has 0 saturated carbocycles. The highest BCUT2D eigenvalue weighted by Gasteiger charge is 2.13. The third-order valence-electron chi connectivity index (χ3n) is 0.747. The van der Waals surface area contributed by atoms with Gasteiger partial charge in [-0.25, -0.2) is 0 Å². The number of aliphatic hydroxyl groups excluding tert-OH is 1. The van der Waals surface area contributed by atoms with Crippen LogP contribution in [0.25, 0.3) is 0 Å². The summed E-state index contributed by atoms with van der Waals surface area (Å²) < 4.78 is 4.89. The molecule has 1 radical (unpaired) electrons. The van der Waals surface area contributed by atoms with Crippen LogP contribution in [-0.2, 0) is 4.74 Å². The number of rotatable bonds is 1. The van der Waals surface area contributed by atoms with Crippen LogP contribution in [0.3, 0.4) is 0 Å². The van der Waals surface area contributed by atoms with Crippen LogP contribution in [0.4, 0.5) is 0 Å². The average molecular weight is 119 g/mol. The Morgan fingerprint density at radius 3 is 3.14 bits per heavy atom. The molecule has 0 spiro atoms. The van der Waals surface area contributed by atoms with E-state index in [1.807, 2.05) is 0 Å². The van der Waals surface area contributed by atoms with Gasteiger partial charge in [0.2, 0.25) is 0 Å². The lowest BCUT2D eigenvalue weighted by Crippen LogP contribution is -2.04. The smallest absolute Gasteiger partial charge is 0.126 e. The Hall–Kier alpha value is 0.270. The molecule has 7 heavy (non-hydrogen) atoms. The van der Waals surface area contributed by atoms with Gasteiger partial charge in [0.05, 0.1) is 13.2 Å². The van der Waals surface area contributed by atoms with Crippen molar-refractivity contribution in [1.29, 1.82) is 0 Å². The lowest BCUT2D eigenvalue weighted by molar-refractivity contribution is 0.126. The van der Waals surface area contributed by atoms with Crippen molar-refractivity contribution in [2.75, 3.05) is 12.4 Å². The summed E-state index contributed by atoms with van der Waals surface area (Å²) in [5.74, 6) is 0.908. The summed E-state index contributed by atoms with van der Waals surface area (Å²) in [5.41, 5.74) is 0.0139. The van der Waals surface area contributed by atoms with Gasteiger partial charge in [0.15, 0.2) is 0 Å². The van der Waals surface area contributed by atoms with Crippen molar-refractivity contribution in [2.24, 2.45) is 0 Å². The molecule has 1 heterocycles. The summed E-state index contributed by atoms with van der Waals surface area (Å²) >= 11 is 1.61. The minimum atomic E-state index is 0.0139. The van der Waals surface area contributed by atoms with Gasteiger partial charge >= 0.3 is 0 Å². The first-order valence-electron chi connectivity index (χ1n) is 2.13. The lowest BCUT2D eigenvalue weighted by Gasteiger charge is -1.99. The van der Waals surface area contributed by atoms with Gasteiger partial charge in [-0.2, -0.15) is 0 Å². The van der Waals surface area contributed by atoms with Crippen LogP contribution in [0, 0.1) is 6.61 Å². The number of ether oxygens (including phenoxy) is 1. The lowest BCUT2D eigenvalue weighted by atomic mass is 10.7. The van der Waals surface area contributed by atoms with E-state index in [1.165, 1.54) is 0 Å². The molecule has 1 unspecified atom stereocenters. The van der Waals surface area contributed by atoms with Crippen molar-refractivity contribution in [3.05, 3.63) is 6.61 Å². The van der Waals surface area contributed by atoms with Crippen molar-refractivity contribution in [3.8, 4) is 0 Å². The highest BCUT2D eigenvalue weighted by atomic mass is 32.2. The van der Waals surface area contributed by atoms with Crippen LogP contribution >= 0.6 is 11.8 Å². The fraction of sp³-hybridized carbons (Fsp3) is 0.750. The normalized spacial score (nSPS) is 31.3. The second-order valence-corrected chi connectivity index (χ2v) is 2.44. The summed E-state index contributed by atoms with van der Waals surface area (Å²) in [5, 5.41) is 8.40. The summed E-state index contributed by atoms with van der Waals surface area (Å²) in [6, 6.07) is 0. The zero-order valence-electron chi connectivity index (χ0n) is 3.83. The third-order valence-corrected chi connectivity index (χ3v) is 1.71. The fourth-order valence-electron chi connectivity index (χ4n) is 0.428. The molecule has 0 aromatic heterocycles. The van der Waals surface area contributed by atoms with Crippen LogP contribution in [-0.4, -0.2) is 22.9 Å². The average Bonchev–Trinajstić information content (AvgIpc) is 2.14. The Bertz CT molecular complexity index is 51.7. The highest BCUT2D eigenvalue weighted by molar-refractivity contribution is 8.00. The highest BCUT2D eigenvalue weighted by Crippen LogP contribution is 2.20. The van der Waals surface area contributed by atoms with Crippen molar-refractivity contribution in [3.63, 3.8) is 0 Å². The van der Waals surface area contributed by atoms with E-state index in [2.05, 4.69) is 0 Å². The number of hydrogen-bond donors (Lipinski definition) is 1. The van der Waals surface area contributed by atoms with Gasteiger partial charge in [-0.3, -0.25) is 0 Å². The predicted molar refractivity (Wildman–Crippen MR) is 28.7 cm³/mol. The van der Waals surface area contributed by atoms with E-state index in [0.717, 1.165) is 5.75 Å². The zero-order chi connectivity index (χ0) is 5.11. The number of aliphatic hydroxyl groups is 1. The van der Waals surface area contributed by atoms with Crippen LogP contribution in [0.1, 0.15) is 0 Å². The zero-order valence-corrected chi connectivity index (χ0v) is 4.65. The van der Waals surface area contributed by atoms with Gasteiger partial charge in [0.25, 0.3) is 0 Å². The van der Waals surface area contributed by atoms with Crippen molar-refractivity contribution in [2.45, 2.75) is 5.44 Å². The van der Waals surface area contributed by atoms with E-state index in [4.69, 9.17) is 9.84 Å². The largest absolute Gasteiger partial charge is 0.393 e. The van der Waals surface area contributed by atoms with E-state index >= 15 is 0 Å². The van der Waals surface area contributed by atoms with Crippen LogP contribution in [0.2, 0.25) is 0 Å². The minimum Gasteiger partial charge on any atom is -0.393 e. The maximum absolute atomic E-state index is 8.40. The van der Waals surface area contributed by atoms with Crippen molar-refractivity contribution >= 4 is 11.8 Å². The van der Waals surface area contributed by atoms with Gasteiger partial charge in [-0.15, -0.1) is 11.8 Å². The first-order valence-corrected chi connectivity index (χ1v) is 3.18. The minimum absolute atomic E-state index is 0.0139. The standard InChI is InChI=1S/C4H7O2S/c5-3-4-6-1-2-7-4/h1,4-5H,2-3H2. The van der Waals surface area contributed by atoms with E-state index in [-0.39, 0.29) is 12.0 Å². The molecular formula is C4H7O2S. The molecule has 0 aliphatic carbocycles. The molecule has 3 heteroatoms. The van der Waals surface area contributed by atoms with E-state index in [1.54, 1.807) is 18.4 Å². The molecule has 1 rings (SSSR count). The number of thioether (sulfide) groups is 1. The summed E-state index contributed by atoms with van der Waals surface area (Å²) in [7, 11) is 0. The van der Waals surface area contributed by atoms with Crippen LogP contribution in [0.15, 0.2) is 0 Å². The van der Waals surface area contributed by atoms with Gasteiger partial charge in [0.1, 0.15) is 5.44 Å². The third kappa shape index (κ3) is 1.33. The van der Waals surface area contributed by atoms with E-state index in [9.17, 15) is 0 Å². The molecular weight excluding hydrogens is 112 g/mol. The first kappa shape index (κ1) is 5.41. The predicted octanol–water partition coefficient (Wildman–Crippen LogP) is 0.230. The van der Waals surface area contributed by atoms with Gasteiger partial charge < -0.3 is 9.84 Å². The van der Waals surface area contributed by atoms with Crippen LogP contribution in [0.5, 0.6) is 0 Å². The second kappa shape index (κ2) is 2.55. The maximum atomic E-state index is 8.40. The molecule has 1 saturated heterocycles. The Kier molecular flexibility index (Phi) is 1.97. The second-order valence-electron chi connectivity index (χ2n) is 1.25. The van der Waals surface area contributed by atoms with Crippen molar-refractivity contribution in [1.82, 2.24) is 0 Å². The molecule has 1 N–H and O–H groups in total. The molecule has 41 valence electrons. The van der Waals surface area contributed by atoms with E-state index < -0.39 is 0 Å². The molecule has 0 aromatic rings. The summed E-state index contributed by atoms with van der Waals surface area (Å²) in [4.78, 5) is 0. The number of hydrogen-bond acceptors (Lipinski definition) is 3.